The van der Waals surface area contributed by atoms with E-state index in [1.54, 1.807) is 65.4 Å². The van der Waals surface area contributed by atoms with Gasteiger partial charge in [0.15, 0.2) is 11.6 Å². The topological polar surface area (TPSA) is 343 Å². The van der Waals surface area contributed by atoms with Crippen LogP contribution in [0.1, 0.15) is 95.8 Å². The van der Waals surface area contributed by atoms with E-state index in [9.17, 15) is 43.2 Å². The number of imidazole rings is 2. The van der Waals surface area contributed by atoms with Crippen LogP contribution in [0.2, 0.25) is 0 Å². The van der Waals surface area contributed by atoms with Gasteiger partial charge in [-0.3, -0.25) is 43.2 Å². The van der Waals surface area contributed by atoms with E-state index < -0.39 is 35.4 Å². The maximum absolute atomic E-state index is 13.3. The van der Waals surface area contributed by atoms with Gasteiger partial charge in [-0.2, -0.15) is 0 Å². The van der Waals surface area contributed by atoms with Crippen molar-refractivity contribution in [2.24, 2.45) is 48.0 Å². The summed E-state index contributed by atoms with van der Waals surface area (Å²) in [5, 5.41) is 24.3. The Kier molecular flexibility index (Phi) is 17.1. The van der Waals surface area contributed by atoms with E-state index in [1.807, 2.05) is 0 Å². The molecule has 0 saturated heterocycles. The molecule has 6 heterocycles. The van der Waals surface area contributed by atoms with E-state index in [0.717, 1.165) is 0 Å². The van der Waals surface area contributed by atoms with Gasteiger partial charge in [0.1, 0.15) is 22.8 Å². The van der Waals surface area contributed by atoms with E-state index >= 15 is 0 Å². The standard InChI is InChI=1S/C46H58N18O9/c1-26(65)51-35-24-63(6)40(56-35)46(73)58-36-25-64(7)39(57-36)45(72)55-30-18-31(60(3)23-30)41(68)49-13-8-10-38(67)52-27-16-33(61(4)20-27)43(70)54-29-19-34(62(5)22-29)44(71)53-28-17-32(59(2)21-28)42(69)50-15-11-37(66)48-14-9-12-47/h16-25H,8-15,47H2,1-7H3,(H,48,66)(H,49,68)(H,50,69)(H,51,65)(H,52,67)(H,53,71)(H,54,70)(H,55,72)(H,58,73). The molecule has 73 heavy (non-hydrogen) atoms. The Hall–Kier alpha value is -9.27. The molecule has 6 aromatic rings. The second kappa shape index (κ2) is 23.6. The number of amides is 9. The second-order valence-corrected chi connectivity index (χ2v) is 16.9. The van der Waals surface area contributed by atoms with Gasteiger partial charge in [-0.1, -0.05) is 0 Å². The molecule has 386 valence electrons. The third-order valence-electron chi connectivity index (χ3n) is 10.9. The Morgan fingerprint density at radius 3 is 1.29 bits per heavy atom. The van der Waals surface area contributed by atoms with E-state index in [4.69, 9.17) is 5.73 Å². The lowest BCUT2D eigenvalue weighted by atomic mass is 10.2. The number of carbonyl (C=O) groups is 9. The summed E-state index contributed by atoms with van der Waals surface area (Å²) in [4.78, 5) is 123. The lowest BCUT2D eigenvalue weighted by Gasteiger charge is -2.06. The average molecular weight is 1010 g/mol. The molecule has 0 fully saturated rings. The molecular formula is C46H58N18O9. The summed E-state index contributed by atoms with van der Waals surface area (Å²) in [6.45, 7) is 2.51. The Labute approximate surface area is 417 Å². The number of aromatic nitrogens is 8. The highest BCUT2D eigenvalue weighted by molar-refractivity contribution is 6.08. The minimum absolute atomic E-state index is 0.000141. The van der Waals surface area contributed by atoms with Gasteiger partial charge < -0.3 is 81.0 Å². The maximum atomic E-state index is 13.3. The molecule has 0 aliphatic heterocycles. The SMILES string of the molecule is CC(=O)Nc1cn(C)c(C(=O)Nc2cn(C)c(C(=O)Nc3cc(C(=O)NCCCC(=O)Nc4cc(C(=O)Nc5cc(C(=O)Nc6cc(C(=O)NCCC(=O)NCCCN)n(C)c6)n(C)c5)n(C)c4)n(C)c3)n2)n1. The van der Waals surface area contributed by atoms with Crippen LogP contribution in [0.15, 0.2) is 61.4 Å². The van der Waals surface area contributed by atoms with Gasteiger partial charge in [-0.05, 0) is 43.7 Å². The van der Waals surface area contributed by atoms with Crippen molar-refractivity contribution in [3.63, 3.8) is 0 Å². The zero-order chi connectivity index (χ0) is 53.1. The van der Waals surface area contributed by atoms with Gasteiger partial charge in [0, 0.05) is 119 Å². The van der Waals surface area contributed by atoms with Gasteiger partial charge in [0.05, 0.1) is 22.7 Å². The number of aryl methyl sites for hydroxylation is 6. The summed E-state index contributed by atoms with van der Waals surface area (Å²) in [6, 6.07) is 5.97. The molecule has 0 spiro atoms. The second-order valence-electron chi connectivity index (χ2n) is 16.9. The summed E-state index contributed by atoms with van der Waals surface area (Å²) in [5.41, 5.74) is 7.70. The van der Waals surface area contributed by atoms with Crippen LogP contribution in [-0.4, -0.2) is 117 Å². The van der Waals surface area contributed by atoms with Crippen LogP contribution in [0, 0.1) is 0 Å². The van der Waals surface area contributed by atoms with Crippen molar-refractivity contribution in [1.29, 1.82) is 0 Å². The molecule has 27 heteroatoms. The number of hydrogen-bond acceptors (Lipinski definition) is 12. The summed E-state index contributed by atoms with van der Waals surface area (Å²) < 4.78 is 8.97. The normalized spacial score (nSPS) is 10.8. The zero-order valence-corrected chi connectivity index (χ0v) is 41.3. The van der Waals surface area contributed by atoms with Crippen LogP contribution in [0.5, 0.6) is 0 Å². The van der Waals surface area contributed by atoms with Crippen molar-refractivity contribution in [3.05, 3.63) is 95.9 Å². The molecule has 0 aliphatic carbocycles. The number of rotatable bonds is 22. The quantitative estimate of drug-likeness (QED) is 0.0429. The number of nitrogens with two attached hydrogens (primary N) is 1. The van der Waals surface area contributed by atoms with Crippen LogP contribution in [0.4, 0.5) is 34.4 Å². The summed E-state index contributed by atoms with van der Waals surface area (Å²) in [5.74, 6) is -3.79. The lowest BCUT2D eigenvalue weighted by Crippen LogP contribution is -2.32. The fourth-order valence-electron chi connectivity index (χ4n) is 7.40. The summed E-state index contributed by atoms with van der Waals surface area (Å²) in [6.07, 6.45) is 10.2. The van der Waals surface area contributed by atoms with Gasteiger partial charge in [0.25, 0.3) is 35.4 Å². The van der Waals surface area contributed by atoms with Gasteiger partial charge in [-0.25, -0.2) is 9.97 Å². The first-order valence-corrected chi connectivity index (χ1v) is 22.8. The van der Waals surface area contributed by atoms with Crippen molar-refractivity contribution < 1.29 is 43.2 Å². The molecule has 0 bridgehead atoms. The van der Waals surface area contributed by atoms with Gasteiger partial charge in [0.2, 0.25) is 29.4 Å². The molecule has 27 nitrogen and oxygen atoms in total. The Balaban J connectivity index is 0.924. The van der Waals surface area contributed by atoms with Crippen molar-refractivity contribution in [3.8, 4) is 0 Å². The molecule has 6 rings (SSSR count). The van der Waals surface area contributed by atoms with Crippen molar-refractivity contribution in [1.82, 2.24) is 53.3 Å². The molecular weight excluding hydrogens is 949 g/mol. The monoisotopic (exact) mass is 1010 g/mol. The molecule has 0 saturated carbocycles. The highest BCUT2D eigenvalue weighted by Gasteiger charge is 2.22. The van der Waals surface area contributed by atoms with Crippen molar-refractivity contribution >= 4 is 87.5 Å². The Morgan fingerprint density at radius 1 is 0.425 bits per heavy atom. The first-order valence-electron chi connectivity index (χ1n) is 22.8. The molecule has 0 atom stereocenters. The third kappa shape index (κ3) is 14.0. The van der Waals surface area contributed by atoms with E-state index in [0.29, 0.717) is 42.3 Å². The van der Waals surface area contributed by atoms with Gasteiger partial charge in [-0.15, -0.1) is 0 Å². The number of carbonyl (C=O) groups excluding carboxylic acids is 9. The van der Waals surface area contributed by atoms with E-state index in [1.165, 1.54) is 72.6 Å². The highest BCUT2D eigenvalue weighted by atomic mass is 16.2. The minimum atomic E-state index is -0.619. The number of hydrogen-bond donors (Lipinski definition) is 10. The Morgan fingerprint density at radius 2 is 0.822 bits per heavy atom. The lowest BCUT2D eigenvalue weighted by molar-refractivity contribution is -0.121. The van der Waals surface area contributed by atoms with E-state index in [2.05, 4.69) is 57.8 Å². The fourth-order valence-corrected chi connectivity index (χ4v) is 7.40. The van der Waals surface area contributed by atoms with Crippen LogP contribution in [0.25, 0.3) is 0 Å². The van der Waals surface area contributed by atoms with Crippen LogP contribution < -0.4 is 53.6 Å². The number of anilines is 6. The van der Waals surface area contributed by atoms with Crippen LogP contribution >= 0.6 is 0 Å². The molecule has 0 radical (unpaired) electrons. The van der Waals surface area contributed by atoms with Crippen molar-refractivity contribution in [2.45, 2.75) is 32.6 Å². The van der Waals surface area contributed by atoms with E-state index in [-0.39, 0.29) is 96.1 Å². The minimum Gasteiger partial charge on any atom is -0.356 e. The predicted octanol–water partition coefficient (Wildman–Crippen LogP) is 1.21. The fraction of sp³-hybridized carbons (Fsp3) is 0.326. The predicted molar refractivity (Wildman–Crippen MR) is 268 cm³/mol. The van der Waals surface area contributed by atoms with Crippen LogP contribution in [0.3, 0.4) is 0 Å². The highest BCUT2D eigenvalue weighted by Crippen LogP contribution is 2.21. The summed E-state index contributed by atoms with van der Waals surface area (Å²) in [7, 11) is 9.69. The zero-order valence-electron chi connectivity index (χ0n) is 41.3. The smallest absolute Gasteiger partial charge is 0.292 e. The molecule has 0 aliphatic rings. The molecule has 6 aromatic heterocycles. The van der Waals surface area contributed by atoms with Crippen molar-refractivity contribution in [2.75, 3.05) is 58.1 Å². The third-order valence-corrected chi connectivity index (χ3v) is 10.9. The largest absolute Gasteiger partial charge is 0.356 e. The summed E-state index contributed by atoms with van der Waals surface area (Å²) >= 11 is 0. The van der Waals surface area contributed by atoms with Gasteiger partial charge >= 0.3 is 0 Å². The molecule has 0 unspecified atom stereocenters. The van der Waals surface area contributed by atoms with Crippen LogP contribution in [-0.2, 0) is 56.7 Å². The molecule has 0 aromatic carbocycles. The molecule has 11 N–H and O–H groups in total. The number of nitrogens with one attached hydrogen (secondary N) is 9. The maximum Gasteiger partial charge on any atom is 0.292 e. The average Bonchev–Trinajstić information content (AvgIpc) is 4.18. The first-order chi connectivity index (χ1) is 34.7. The Bertz CT molecular complexity index is 3090. The first kappa shape index (κ1) is 53.1. The molecule has 9 amide bonds. The number of nitrogens with zero attached hydrogens (tertiary/aromatic N) is 8.